The van der Waals surface area contributed by atoms with E-state index in [-0.39, 0.29) is 18.3 Å². The summed E-state index contributed by atoms with van der Waals surface area (Å²) >= 11 is 1.52. The van der Waals surface area contributed by atoms with Gasteiger partial charge in [0, 0.05) is 11.6 Å². The summed E-state index contributed by atoms with van der Waals surface area (Å²) in [5.41, 5.74) is 5.11. The molecular formula is C10H18ClN3OS. The van der Waals surface area contributed by atoms with Gasteiger partial charge in [-0.3, -0.25) is 4.79 Å². The highest BCUT2D eigenvalue weighted by Crippen LogP contribution is 2.09. The highest BCUT2D eigenvalue weighted by Gasteiger charge is 2.26. The van der Waals surface area contributed by atoms with Crippen LogP contribution in [0.5, 0.6) is 0 Å². The van der Waals surface area contributed by atoms with Crippen LogP contribution in [0.4, 0.5) is 0 Å². The number of halogens is 1. The summed E-state index contributed by atoms with van der Waals surface area (Å²) in [4.78, 5) is 15.8. The van der Waals surface area contributed by atoms with Crippen molar-refractivity contribution in [3.63, 3.8) is 0 Å². The number of amides is 1. The predicted molar refractivity (Wildman–Crippen MR) is 68.7 cm³/mol. The smallest absolute Gasteiger partial charge is 0.240 e. The second kappa shape index (κ2) is 6.83. The molecule has 1 aromatic heterocycles. The van der Waals surface area contributed by atoms with Gasteiger partial charge in [0.15, 0.2) is 0 Å². The van der Waals surface area contributed by atoms with Crippen LogP contribution in [0, 0.1) is 0 Å². The third-order valence-corrected chi connectivity index (χ3v) is 2.95. The maximum atomic E-state index is 11.7. The number of nitrogens with one attached hydrogen (secondary N) is 1. The number of carbonyl (C=O) groups excluding carboxylic acids is 1. The molecule has 0 radical (unpaired) electrons. The minimum atomic E-state index is -0.772. The third kappa shape index (κ3) is 4.47. The van der Waals surface area contributed by atoms with Gasteiger partial charge in [0.1, 0.15) is 5.01 Å². The van der Waals surface area contributed by atoms with Crippen LogP contribution in [0.2, 0.25) is 0 Å². The molecule has 1 atom stereocenters. The number of rotatable bonds is 5. The second-order valence-corrected chi connectivity index (χ2v) is 4.76. The molecule has 0 aliphatic heterocycles. The molecule has 1 rings (SSSR count). The largest absolute Gasteiger partial charge is 0.348 e. The number of thiazole rings is 1. The Morgan fingerprint density at radius 1 is 1.69 bits per heavy atom. The Labute approximate surface area is 106 Å². The zero-order valence-corrected chi connectivity index (χ0v) is 11.2. The Hall–Kier alpha value is -0.650. The van der Waals surface area contributed by atoms with Crippen LogP contribution in [0.15, 0.2) is 11.6 Å². The van der Waals surface area contributed by atoms with Crippen LogP contribution in [0.1, 0.15) is 31.7 Å². The maximum absolute atomic E-state index is 11.7. The number of aromatic nitrogens is 1. The quantitative estimate of drug-likeness (QED) is 0.850. The van der Waals surface area contributed by atoms with Crippen LogP contribution in [0.25, 0.3) is 0 Å². The normalized spacial score (nSPS) is 13.7. The van der Waals surface area contributed by atoms with E-state index in [0.29, 0.717) is 13.0 Å². The molecule has 0 saturated carbocycles. The monoisotopic (exact) mass is 263 g/mol. The van der Waals surface area contributed by atoms with Gasteiger partial charge in [-0.25, -0.2) is 4.98 Å². The second-order valence-electron chi connectivity index (χ2n) is 3.78. The summed E-state index contributed by atoms with van der Waals surface area (Å²) in [7, 11) is 0. The number of carbonyl (C=O) groups is 1. The van der Waals surface area contributed by atoms with Crippen molar-refractivity contribution in [1.29, 1.82) is 0 Å². The predicted octanol–water partition coefficient (Wildman–Crippen LogP) is 1.70. The topological polar surface area (TPSA) is 68.0 Å². The van der Waals surface area contributed by atoms with Crippen LogP contribution in [-0.4, -0.2) is 16.4 Å². The van der Waals surface area contributed by atoms with Gasteiger partial charge in [-0.05, 0) is 13.3 Å². The van der Waals surface area contributed by atoms with Gasteiger partial charge < -0.3 is 11.1 Å². The highest BCUT2D eigenvalue weighted by atomic mass is 35.5. The number of nitrogens with zero attached hydrogens (tertiary/aromatic N) is 1. The Bertz CT molecular complexity index is 314. The molecule has 0 fully saturated rings. The molecule has 0 aliphatic carbocycles. The molecule has 0 bridgehead atoms. The van der Waals surface area contributed by atoms with Crippen molar-refractivity contribution >= 4 is 29.7 Å². The summed E-state index contributed by atoms with van der Waals surface area (Å²) in [5.74, 6) is -0.112. The van der Waals surface area contributed by atoms with E-state index < -0.39 is 5.54 Å². The summed E-state index contributed by atoms with van der Waals surface area (Å²) < 4.78 is 0. The average Bonchev–Trinajstić information content (AvgIpc) is 2.66. The summed E-state index contributed by atoms with van der Waals surface area (Å²) in [6.45, 7) is 4.24. The lowest BCUT2D eigenvalue weighted by atomic mass is 9.97. The number of hydrogen-bond acceptors (Lipinski definition) is 4. The molecule has 6 heteroatoms. The maximum Gasteiger partial charge on any atom is 0.240 e. The molecule has 0 saturated heterocycles. The fraction of sp³-hybridized carbons (Fsp3) is 0.600. The SMILES string of the molecule is CCCC(C)(N)C(=O)NCc1nccs1.Cl. The minimum absolute atomic E-state index is 0. The fourth-order valence-corrected chi connectivity index (χ4v) is 1.89. The van der Waals surface area contributed by atoms with Gasteiger partial charge in [-0.1, -0.05) is 13.3 Å². The van der Waals surface area contributed by atoms with Gasteiger partial charge in [0.25, 0.3) is 0 Å². The average molecular weight is 264 g/mol. The van der Waals surface area contributed by atoms with E-state index in [1.54, 1.807) is 13.1 Å². The van der Waals surface area contributed by atoms with E-state index in [9.17, 15) is 4.79 Å². The van der Waals surface area contributed by atoms with Gasteiger partial charge in [-0.15, -0.1) is 23.7 Å². The third-order valence-electron chi connectivity index (χ3n) is 2.17. The van der Waals surface area contributed by atoms with Crippen LogP contribution >= 0.6 is 23.7 Å². The molecule has 16 heavy (non-hydrogen) atoms. The van der Waals surface area contributed by atoms with Gasteiger partial charge in [0.05, 0.1) is 12.1 Å². The number of nitrogens with two attached hydrogens (primary N) is 1. The zero-order valence-electron chi connectivity index (χ0n) is 9.53. The van der Waals surface area contributed by atoms with Crippen molar-refractivity contribution in [2.24, 2.45) is 5.73 Å². The van der Waals surface area contributed by atoms with E-state index in [1.807, 2.05) is 12.3 Å². The summed E-state index contributed by atoms with van der Waals surface area (Å²) in [6, 6.07) is 0. The van der Waals surface area contributed by atoms with Crippen molar-refractivity contribution < 1.29 is 4.79 Å². The molecule has 0 aliphatic rings. The Balaban J connectivity index is 0.00000225. The first-order valence-electron chi connectivity index (χ1n) is 5.02. The minimum Gasteiger partial charge on any atom is -0.348 e. The van der Waals surface area contributed by atoms with Gasteiger partial charge in [-0.2, -0.15) is 0 Å². The van der Waals surface area contributed by atoms with Gasteiger partial charge >= 0.3 is 0 Å². The van der Waals surface area contributed by atoms with E-state index in [0.717, 1.165) is 11.4 Å². The summed E-state index contributed by atoms with van der Waals surface area (Å²) in [5, 5.41) is 5.58. The fourth-order valence-electron chi connectivity index (χ4n) is 1.33. The van der Waals surface area contributed by atoms with Gasteiger partial charge in [0.2, 0.25) is 5.91 Å². The van der Waals surface area contributed by atoms with E-state index in [4.69, 9.17) is 5.73 Å². The highest BCUT2D eigenvalue weighted by molar-refractivity contribution is 7.09. The molecular weight excluding hydrogens is 246 g/mol. The lowest BCUT2D eigenvalue weighted by Gasteiger charge is -2.22. The van der Waals surface area contributed by atoms with E-state index >= 15 is 0 Å². The molecule has 1 heterocycles. The van der Waals surface area contributed by atoms with Crippen LogP contribution in [0.3, 0.4) is 0 Å². The van der Waals surface area contributed by atoms with Crippen molar-refractivity contribution in [3.05, 3.63) is 16.6 Å². The molecule has 1 aromatic rings. The van der Waals surface area contributed by atoms with E-state index in [2.05, 4.69) is 10.3 Å². The lowest BCUT2D eigenvalue weighted by molar-refractivity contribution is -0.126. The Morgan fingerprint density at radius 2 is 2.38 bits per heavy atom. The first kappa shape index (κ1) is 15.3. The molecule has 92 valence electrons. The molecule has 4 nitrogen and oxygen atoms in total. The van der Waals surface area contributed by atoms with Crippen LogP contribution < -0.4 is 11.1 Å². The molecule has 0 spiro atoms. The first-order valence-corrected chi connectivity index (χ1v) is 5.90. The van der Waals surface area contributed by atoms with E-state index in [1.165, 1.54) is 11.3 Å². The zero-order chi connectivity index (χ0) is 11.3. The Morgan fingerprint density at radius 3 is 2.88 bits per heavy atom. The lowest BCUT2D eigenvalue weighted by Crippen LogP contribution is -2.51. The van der Waals surface area contributed by atoms with Crippen molar-refractivity contribution in [2.45, 2.75) is 38.8 Å². The molecule has 3 N–H and O–H groups in total. The molecule has 1 unspecified atom stereocenters. The number of hydrogen-bond donors (Lipinski definition) is 2. The van der Waals surface area contributed by atoms with Crippen LogP contribution in [-0.2, 0) is 11.3 Å². The van der Waals surface area contributed by atoms with Crippen molar-refractivity contribution in [2.75, 3.05) is 0 Å². The van der Waals surface area contributed by atoms with Crippen molar-refractivity contribution in [3.8, 4) is 0 Å². The van der Waals surface area contributed by atoms with Crippen molar-refractivity contribution in [1.82, 2.24) is 10.3 Å². The summed E-state index contributed by atoms with van der Waals surface area (Å²) in [6.07, 6.45) is 3.31. The Kier molecular flexibility index (Phi) is 6.55. The standard InChI is InChI=1S/C10H17N3OS.ClH/c1-3-4-10(2,11)9(14)13-7-8-12-5-6-15-8;/h5-6H,3-4,7,11H2,1-2H3,(H,13,14);1H. The molecule has 0 aromatic carbocycles. The first-order chi connectivity index (χ1) is 7.06. The molecule has 1 amide bonds.